The number of Topliss-reactive ketones (excluding diaryl/α,β-unsaturated/α-hetero) is 1. The fourth-order valence-corrected chi connectivity index (χ4v) is 2.66. The van der Waals surface area contributed by atoms with Gasteiger partial charge in [-0.3, -0.25) is 4.79 Å². The number of hydrogen-bond acceptors (Lipinski definition) is 5. The third-order valence-corrected chi connectivity index (χ3v) is 4.09. The van der Waals surface area contributed by atoms with Crippen LogP contribution in [-0.2, 0) is 0 Å². The Balaban J connectivity index is 1.82. The second kappa shape index (κ2) is 6.81. The van der Waals surface area contributed by atoms with Crippen LogP contribution in [0.15, 0.2) is 51.7 Å². The third kappa shape index (κ3) is 3.40. The number of rotatable bonds is 5. The quantitative estimate of drug-likeness (QED) is 0.524. The molecule has 0 radical (unpaired) electrons. The SMILES string of the molecule is COc1ccc(C(=O)COc2ccc3c(C)cc(=O)oc3c2C)cc1. The van der Waals surface area contributed by atoms with Crippen molar-refractivity contribution in [3.05, 3.63) is 69.6 Å². The lowest BCUT2D eigenvalue weighted by Gasteiger charge is -2.11. The van der Waals surface area contributed by atoms with E-state index in [-0.39, 0.29) is 12.4 Å². The van der Waals surface area contributed by atoms with Gasteiger partial charge in [-0.25, -0.2) is 4.79 Å². The molecule has 0 aliphatic heterocycles. The molecule has 0 saturated carbocycles. The first kappa shape index (κ1) is 16.8. The van der Waals surface area contributed by atoms with Crippen molar-refractivity contribution in [3.8, 4) is 11.5 Å². The first-order chi connectivity index (χ1) is 12.0. The van der Waals surface area contributed by atoms with Crippen LogP contribution in [0.3, 0.4) is 0 Å². The van der Waals surface area contributed by atoms with E-state index in [9.17, 15) is 9.59 Å². The molecule has 0 atom stereocenters. The molecule has 0 aliphatic rings. The first-order valence-corrected chi connectivity index (χ1v) is 7.83. The van der Waals surface area contributed by atoms with Crippen molar-refractivity contribution in [2.45, 2.75) is 13.8 Å². The number of ether oxygens (including phenoxy) is 2. The van der Waals surface area contributed by atoms with Gasteiger partial charge in [0.1, 0.15) is 17.1 Å². The number of methoxy groups -OCH3 is 1. The highest BCUT2D eigenvalue weighted by Gasteiger charge is 2.12. The summed E-state index contributed by atoms with van der Waals surface area (Å²) in [5.74, 6) is 1.06. The molecule has 3 rings (SSSR count). The fraction of sp³-hybridized carbons (Fsp3) is 0.200. The van der Waals surface area contributed by atoms with E-state index in [2.05, 4.69) is 0 Å². The van der Waals surface area contributed by atoms with Crippen LogP contribution in [-0.4, -0.2) is 19.5 Å². The molecule has 0 saturated heterocycles. The molecule has 0 unspecified atom stereocenters. The Kier molecular flexibility index (Phi) is 4.57. The Labute approximate surface area is 144 Å². The number of aryl methyl sites for hydroxylation is 2. The van der Waals surface area contributed by atoms with Crippen molar-refractivity contribution >= 4 is 16.8 Å². The van der Waals surface area contributed by atoms with Gasteiger partial charge in [-0.15, -0.1) is 0 Å². The van der Waals surface area contributed by atoms with Gasteiger partial charge in [-0.2, -0.15) is 0 Å². The van der Waals surface area contributed by atoms with Crippen molar-refractivity contribution < 1.29 is 18.7 Å². The van der Waals surface area contributed by atoms with E-state index in [1.807, 2.05) is 13.0 Å². The summed E-state index contributed by atoms with van der Waals surface area (Å²) in [6.45, 7) is 3.55. The minimum Gasteiger partial charge on any atom is -0.497 e. The summed E-state index contributed by atoms with van der Waals surface area (Å²) in [5, 5.41) is 0.853. The number of hydrogen-bond donors (Lipinski definition) is 0. The number of carbonyl (C=O) groups excluding carboxylic acids is 1. The molecule has 5 heteroatoms. The standard InChI is InChI=1S/C20H18O5/c1-12-10-19(22)25-20-13(2)18(9-8-16(12)20)24-11-17(21)14-4-6-15(23-3)7-5-14/h4-10H,11H2,1-3H3. The zero-order valence-corrected chi connectivity index (χ0v) is 14.3. The molecule has 5 nitrogen and oxygen atoms in total. The topological polar surface area (TPSA) is 65.7 Å². The van der Waals surface area contributed by atoms with E-state index in [0.29, 0.717) is 28.2 Å². The predicted octanol–water partition coefficient (Wildman–Crippen LogP) is 3.68. The average Bonchev–Trinajstić information content (AvgIpc) is 2.61. The van der Waals surface area contributed by atoms with Gasteiger partial charge in [0.15, 0.2) is 12.4 Å². The number of fused-ring (bicyclic) bond motifs is 1. The molecule has 3 aromatic rings. The van der Waals surface area contributed by atoms with Gasteiger partial charge in [-0.1, -0.05) is 0 Å². The van der Waals surface area contributed by atoms with Gasteiger partial charge in [0.25, 0.3) is 0 Å². The van der Waals surface area contributed by atoms with Crippen molar-refractivity contribution in [1.29, 1.82) is 0 Å². The van der Waals surface area contributed by atoms with E-state index in [1.54, 1.807) is 44.4 Å². The predicted molar refractivity (Wildman–Crippen MR) is 94.8 cm³/mol. The summed E-state index contributed by atoms with van der Waals surface area (Å²) >= 11 is 0. The van der Waals surface area contributed by atoms with Crippen LogP contribution in [0.25, 0.3) is 11.0 Å². The summed E-state index contributed by atoms with van der Waals surface area (Å²) in [7, 11) is 1.57. The smallest absolute Gasteiger partial charge is 0.336 e. The summed E-state index contributed by atoms with van der Waals surface area (Å²) in [5.41, 5.74) is 2.16. The van der Waals surface area contributed by atoms with E-state index >= 15 is 0 Å². The molecule has 2 aromatic carbocycles. The van der Waals surface area contributed by atoms with Crippen LogP contribution >= 0.6 is 0 Å². The Morgan fingerprint density at radius 3 is 2.48 bits per heavy atom. The van der Waals surface area contributed by atoms with Gasteiger partial charge in [-0.05, 0) is 55.8 Å². The molecule has 0 N–H and O–H groups in total. The van der Waals surface area contributed by atoms with Gasteiger partial charge >= 0.3 is 5.63 Å². The first-order valence-electron chi connectivity index (χ1n) is 7.83. The Bertz CT molecular complexity index is 983. The molecule has 128 valence electrons. The molecule has 0 fully saturated rings. The zero-order valence-electron chi connectivity index (χ0n) is 14.3. The van der Waals surface area contributed by atoms with E-state index in [1.165, 1.54) is 6.07 Å². The number of ketones is 1. The van der Waals surface area contributed by atoms with E-state index in [0.717, 1.165) is 10.9 Å². The molecule has 1 heterocycles. The number of benzene rings is 2. The Morgan fingerprint density at radius 1 is 1.08 bits per heavy atom. The highest BCUT2D eigenvalue weighted by molar-refractivity contribution is 5.97. The van der Waals surface area contributed by atoms with Crippen LogP contribution in [0.1, 0.15) is 21.5 Å². The van der Waals surface area contributed by atoms with Gasteiger partial charge in [0.05, 0.1) is 7.11 Å². The molecule has 0 aliphatic carbocycles. The van der Waals surface area contributed by atoms with Crippen LogP contribution < -0.4 is 15.1 Å². The Morgan fingerprint density at radius 2 is 1.80 bits per heavy atom. The maximum absolute atomic E-state index is 12.3. The second-order valence-corrected chi connectivity index (χ2v) is 5.75. The Hall–Kier alpha value is -3.08. The summed E-state index contributed by atoms with van der Waals surface area (Å²) in [6, 6.07) is 11.9. The van der Waals surface area contributed by atoms with Crippen molar-refractivity contribution in [2.75, 3.05) is 13.7 Å². The second-order valence-electron chi connectivity index (χ2n) is 5.75. The van der Waals surface area contributed by atoms with Gasteiger partial charge < -0.3 is 13.9 Å². The maximum atomic E-state index is 12.3. The monoisotopic (exact) mass is 338 g/mol. The van der Waals surface area contributed by atoms with E-state index < -0.39 is 5.63 Å². The molecule has 0 bridgehead atoms. The van der Waals surface area contributed by atoms with Gasteiger partial charge in [0.2, 0.25) is 0 Å². The summed E-state index contributed by atoms with van der Waals surface area (Å²) in [6.07, 6.45) is 0. The van der Waals surface area contributed by atoms with Crippen LogP contribution in [0.2, 0.25) is 0 Å². The largest absolute Gasteiger partial charge is 0.497 e. The third-order valence-electron chi connectivity index (χ3n) is 4.09. The van der Waals surface area contributed by atoms with Crippen LogP contribution in [0.5, 0.6) is 11.5 Å². The fourth-order valence-electron chi connectivity index (χ4n) is 2.66. The van der Waals surface area contributed by atoms with Crippen molar-refractivity contribution in [2.24, 2.45) is 0 Å². The molecular formula is C20H18O5. The van der Waals surface area contributed by atoms with E-state index in [4.69, 9.17) is 13.9 Å². The van der Waals surface area contributed by atoms with Gasteiger partial charge in [0, 0.05) is 22.6 Å². The molecule has 1 aromatic heterocycles. The lowest BCUT2D eigenvalue weighted by atomic mass is 10.1. The summed E-state index contributed by atoms with van der Waals surface area (Å²) in [4.78, 5) is 23.9. The average molecular weight is 338 g/mol. The minimum absolute atomic E-state index is 0.102. The zero-order chi connectivity index (χ0) is 18.0. The number of carbonyl (C=O) groups is 1. The maximum Gasteiger partial charge on any atom is 0.336 e. The van der Waals surface area contributed by atoms with Crippen molar-refractivity contribution in [3.63, 3.8) is 0 Å². The van der Waals surface area contributed by atoms with Crippen LogP contribution in [0, 0.1) is 13.8 Å². The highest BCUT2D eigenvalue weighted by Crippen LogP contribution is 2.28. The molecule has 0 amide bonds. The van der Waals surface area contributed by atoms with Crippen LogP contribution in [0.4, 0.5) is 0 Å². The molecule has 25 heavy (non-hydrogen) atoms. The molecule has 0 spiro atoms. The lowest BCUT2D eigenvalue weighted by molar-refractivity contribution is 0.0921. The van der Waals surface area contributed by atoms with Crippen molar-refractivity contribution in [1.82, 2.24) is 0 Å². The molecular weight excluding hydrogens is 320 g/mol. The normalized spacial score (nSPS) is 10.7. The minimum atomic E-state index is -0.403. The lowest BCUT2D eigenvalue weighted by Crippen LogP contribution is -2.12. The summed E-state index contributed by atoms with van der Waals surface area (Å²) < 4.78 is 16.0. The highest BCUT2D eigenvalue weighted by atomic mass is 16.5.